The number of nitrogens with zero attached hydrogens (tertiary/aromatic N) is 1. The Morgan fingerprint density at radius 3 is 2.52 bits per heavy atom. The predicted molar refractivity (Wildman–Crippen MR) is 93.0 cm³/mol. The van der Waals surface area contributed by atoms with Crippen molar-refractivity contribution < 1.29 is 9.90 Å². The largest absolute Gasteiger partial charge is 0.478 e. The third-order valence-electron chi connectivity index (χ3n) is 4.11. The van der Waals surface area contributed by atoms with E-state index in [4.69, 9.17) is 5.11 Å². The van der Waals surface area contributed by atoms with Gasteiger partial charge in [-0.05, 0) is 47.7 Å². The number of hydrogen-bond donors (Lipinski definition) is 1. The molecule has 1 aromatic heterocycles. The monoisotopic (exact) mass is 307 g/mol. The molecule has 3 aromatic rings. The van der Waals surface area contributed by atoms with Gasteiger partial charge in [0.25, 0.3) is 0 Å². The maximum atomic E-state index is 11.1. The average Bonchev–Trinajstić information content (AvgIpc) is 2.91. The quantitative estimate of drug-likeness (QED) is 0.749. The first-order valence-corrected chi connectivity index (χ1v) is 7.93. The highest BCUT2D eigenvalue weighted by molar-refractivity contribution is 5.93. The number of fused-ring (bicyclic) bond motifs is 1. The smallest absolute Gasteiger partial charge is 0.335 e. The highest BCUT2D eigenvalue weighted by atomic mass is 16.4. The number of aromatic carboxylic acids is 1. The summed E-state index contributed by atoms with van der Waals surface area (Å²) in [4.78, 5) is 11.1. The third kappa shape index (κ3) is 3.29. The van der Waals surface area contributed by atoms with Gasteiger partial charge in [0.1, 0.15) is 0 Å². The second kappa shape index (κ2) is 6.29. The second-order valence-corrected chi connectivity index (χ2v) is 6.39. The molecule has 0 aliphatic rings. The standard InChI is InChI=1S/C20H21NO2/c1-14(2)11-15-5-3-4-6-18(15)13-21-10-9-16-12-17(20(22)23)7-8-19(16)21/h3-10,12,14H,11,13H2,1-2H3,(H,22,23). The normalized spacial score (nSPS) is 11.3. The van der Waals surface area contributed by atoms with Gasteiger partial charge < -0.3 is 9.67 Å². The van der Waals surface area contributed by atoms with E-state index in [2.05, 4.69) is 42.7 Å². The van der Waals surface area contributed by atoms with Crippen LogP contribution < -0.4 is 0 Å². The summed E-state index contributed by atoms with van der Waals surface area (Å²) in [5.41, 5.74) is 4.09. The molecule has 23 heavy (non-hydrogen) atoms. The van der Waals surface area contributed by atoms with E-state index in [9.17, 15) is 4.79 Å². The van der Waals surface area contributed by atoms with Crippen LogP contribution in [0.15, 0.2) is 54.7 Å². The Labute approximate surface area is 136 Å². The van der Waals surface area contributed by atoms with Crippen LogP contribution in [0.4, 0.5) is 0 Å². The highest BCUT2D eigenvalue weighted by Crippen LogP contribution is 2.21. The van der Waals surface area contributed by atoms with Gasteiger partial charge in [0.15, 0.2) is 0 Å². The Morgan fingerprint density at radius 1 is 1.09 bits per heavy atom. The van der Waals surface area contributed by atoms with Crippen LogP contribution >= 0.6 is 0 Å². The first kappa shape index (κ1) is 15.3. The van der Waals surface area contributed by atoms with Crippen LogP contribution in [0.5, 0.6) is 0 Å². The van der Waals surface area contributed by atoms with Crippen molar-refractivity contribution in [1.82, 2.24) is 4.57 Å². The van der Waals surface area contributed by atoms with Crippen molar-refractivity contribution in [3.63, 3.8) is 0 Å². The molecule has 0 radical (unpaired) electrons. The minimum Gasteiger partial charge on any atom is -0.478 e. The molecule has 0 aliphatic heterocycles. The van der Waals surface area contributed by atoms with Crippen LogP contribution in [0.2, 0.25) is 0 Å². The van der Waals surface area contributed by atoms with Gasteiger partial charge in [0, 0.05) is 23.6 Å². The van der Waals surface area contributed by atoms with E-state index in [1.165, 1.54) is 11.1 Å². The number of carboxylic acid groups (broad SMARTS) is 1. The Hall–Kier alpha value is -2.55. The fourth-order valence-electron chi connectivity index (χ4n) is 3.01. The third-order valence-corrected chi connectivity index (χ3v) is 4.11. The molecule has 0 amide bonds. The van der Waals surface area contributed by atoms with E-state index in [0.717, 1.165) is 23.9 Å². The van der Waals surface area contributed by atoms with Crippen LogP contribution in [-0.4, -0.2) is 15.6 Å². The maximum Gasteiger partial charge on any atom is 0.335 e. The minimum absolute atomic E-state index is 0.329. The molecule has 118 valence electrons. The lowest BCUT2D eigenvalue weighted by atomic mass is 9.98. The molecule has 0 aliphatic carbocycles. The molecule has 0 spiro atoms. The summed E-state index contributed by atoms with van der Waals surface area (Å²) >= 11 is 0. The summed E-state index contributed by atoms with van der Waals surface area (Å²) < 4.78 is 2.18. The molecule has 3 nitrogen and oxygen atoms in total. The number of benzene rings is 2. The fraction of sp³-hybridized carbons (Fsp3) is 0.250. The van der Waals surface area contributed by atoms with E-state index < -0.39 is 5.97 Å². The maximum absolute atomic E-state index is 11.1. The fourth-order valence-corrected chi connectivity index (χ4v) is 3.01. The van der Waals surface area contributed by atoms with Gasteiger partial charge in [-0.25, -0.2) is 4.79 Å². The zero-order valence-electron chi connectivity index (χ0n) is 13.5. The van der Waals surface area contributed by atoms with Gasteiger partial charge in [-0.2, -0.15) is 0 Å². The van der Waals surface area contributed by atoms with Gasteiger partial charge in [0.05, 0.1) is 5.56 Å². The molecule has 3 heteroatoms. The first-order valence-electron chi connectivity index (χ1n) is 7.93. The van der Waals surface area contributed by atoms with Crippen molar-refractivity contribution in [2.75, 3.05) is 0 Å². The molecule has 1 heterocycles. The van der Waals surface area contributed by atoms with E-state index in [1.54, 1.807) is 12.1 Å². The second-order valence-electron chi connectivity index (χ2n) is 6.39. The van der Waals surface area contributed by atoms with Gasteiger partial charge in [0.2, 0.25) is 0 Å². The van der Waals surface area contributed by atoms with Crippen molar-refractivity contribution in [2.24, 2.45) is 5.92 Å². The van der Waals surface area contributed by atoms with Crippen molar-refractivity contribution in [1.29, 1.82) is 0 Å². The number of carbonyl (C=O) groups is 1. The molecule has 0 atom stereocenters. The van der Waals surface area contributed by atoms with Crippen LogP contribution in [0.25, 0.3) is 10.9 Å². The van der Waals surface area contributed by atoms with Gasteiger partial charge in [-0.1, -0.05) is 38.1 Å². The van der Waals surface area contributed by atoms with Crippen molar-refractivity contribution in [3.05, 3.63) is 71.4 Å². The van der Waals surface area contributed by atoms with Crippen molar-refractivity contribution in [2.45, 2.75) is 26.8 Å². The van der Waals surface area contributed by atoms with Gasteiger partial charge in [-0.3, -0.25) is 0 Å². The lowest BCUT2D eigenvalue weighted by Crippen LogP contribution is -2.04. The molecule has 0 unspecified atom stereocenters. The molecule has 0 saturated carbocycles. The summed E-state index contributed by atoms with van der Waals surface area (Å²) in [7, 11) is 0. The van der Waals surface area contributed by atoms with Gasteiger partial charge in [-0.15, -0.1) is 0 Å². The zero-order chi connectivity index (χ0) is 16.4. The van der Waals surface area contributed by atoms with Crippen LogP contribution in [0.3, 0.4) is 0 Å². The van der Waals surface area contributed by atoms with Crippen LogP contribution in [0, 0.1) is 5.92 Å². The predicted octanol–water partition coefficient (Wildman–Crippen LogP) is 4.59. The van der Waals surface area contributed by atoms with E-state index in [1.807, 2.05) is 18.3 Å². The van der Waals surface area contributed by atoms with Crippen molar-refractivity contribution >= 4 is 16.9 Å². The first-order chi connectivity index (χ1) is 11.0. The van der Waals surface area contributed by atoms with Crippen LogP contribution in [-0.2, 0) is 13.0 Å². The summed E-state index contributed by atoms with van der Waals surface area (Å²) in [5.74, 6) is -0.266. The molecule has 3 rings (SSSR count). The molecule has 2 aromatic carbocycles. The molecule has 0 saturated heterocycles. The lowest BCUT2D eigenvalue weighted by molar-refractivity contribution is 0.0697. The lowest BCUT2D eigenvalue weighted by Gasteiger charge is -2.13. The van der Waals surface area contributed by atoms with Crippen molar-refractivity contribution in [3.8, 4) is 0 Å². The molecular weight excluding hydrogens is 286 g/mol. The van der Waals surface area contributed by atoms with E-state index in [-0.39, 0.29) is 0 Å². The highest BCUT2D eigenvalue weighted by Gasteiger charge is 2.09. The Bertz CT molecular complexity index is 846. The summed E-state index contributed by atoms with van der Waals surface area (Å²) in [6.07, 6.45) is 3.10. The molecule has 1 N–H and O–H groups in total. The Morgan fingerprint density at radius 2 is 1.83 bits per heavy atom. The number of carboxylic acids is 1. The van der Waals surface area contributed by atoms with Gasteiger partial charge >= 0.3 is 5.97 Å². The summed E-state index contributed by atoms with van der Waals surface area (Å²) in [6.45, 7) is 5.27. The minimum atomic E-state index is -0.887. The Kier molecular flexibility index (Phi) is 4.20. The number of aromatic nitrogens is 1. The molecule has 0 fully saturated rings. The number of hydrogen-bond acceptors (Lipinski definition) is 1. The molecule has 0 bridgehead atoms. The Balaban J connectivity index is 1.95. The SMILES string of the molecule is CC(C)Cc1ccccc1Cn1ccc2cc(C(=O)O)ccc21. The zero-order valence-corrected chi connectivity index (χ0v) is 13.5. The summed E-state index contributed by atoms with van der Waals surface area (Å²) in [6, 6.07) is 15.8. The number of rotatable bonds is 5. The summed E-state index contributed by atoms with van der Waals surface area (Å²) in [5, 5.41) is 10.1. The molecular formula is C20H21NO2. The van der Waals surface area contributed by atoms with E-state index in [0.29, 0.717) is 11.5 Å². The van der Waals surface area contributed by atoms with Crippen LogP contribution in [0.1, 0.15) is 35.3 Å². The average molecular weight is 307 g/mol. The van der Waals surface area contributed by atoms with E-state index >= 15 is 0 Å². The topological polar surface area (TPSA) is 42.2 Å².